The van der Waals surface area contributed by atoms with Crippen LogP contribution in [-0.4, -0.2) is 47.4 Å². The van der Waals surface area contributed by atoms with Gasteiger partial charge in [-0.25, -0.2) is 0 Å². The number of carbonyl (C=O) groups is 2. The fourth-order valence-electron chi connectivity index (χ4n) is 10.8. The van der Waals surface area contributed by atoms with Crippen LogP contribution in [0.4, 0.5) is 0 Å². The fourth-order valence-corrected chi connectivity index (χ4v) is 10.8. The number of hydrogen-bond acceptors (Lipinski definition) is 5. The fraction of sp³-hybridized carbons (Fsp3) is 0.838. The number of allylic oxidation sites excluding steroid dienone is 9. The van der Waals surface area contributed by atoms with Crippen LogP contribution in [0.1, 0.15) is 373 Å². The van der Waals surface area contributed by atoms with Gasteiger partial charge in [0.1, 0.15) is 0 Å². The Morgan fingerprint density at radius 1 is 0.350 bits per heavy atom. The zero-order valence-corrected chi connectivity index (χ0v) is 53.6. The normalized spacial score (nSPS) is 12.9. The lowest BCUT2D eigenvalue weighted by atomic mass is 10.0. The van der Waals surface area contributed by atoms with Crippen LogP contribution in [-0.2, 0) is 14.3 Å². The second kappa shape index (κ2) is 69.1. The molecule has 0 aromatic rings. The van der Waals surface area contributed by atoms with Gasteiger partial charge in [0.2, 0.25) is 5.91 Å². The van der Waals surface area contributed by atoms with Gasteiger partial charge in [-0.05, 0) is 96.3 Å². The smallest absolute Gasteiger partial charge is 0.305 e. The Hall–Kier alpha value is -2.44. The van der Waals surface area contributed by atoms with E-state index in [1.807, 2.05) is 6.08 Å². The summed E-state index contributed by atoms with van der Waals surface area (Å²) in [6.07, 6.45) is 91.6. The Morgan fingerprint density at radius 3 is 0.975 bits per heavy atom. The molecule has 6 heteroatoms. The molecule has 0 saturated carbocycles. The van der Waals surface area contributed by atoms with Crippen molar-refractivity contribution in [3.05, 3.63) is 60.8 Å². The summed E-state index contributed by atoms with van der Waals surface area (Å²) in [5.74, 6) is -0.0580. The van der Waals surface area contributed by atoms with E-state index < -0.39 is 12.1 Å². The van der Waals surface area contributed by atoms with Crippen LogP contribution in [0.25, 0.3) is 0 Å². The van der Waals surface area contributed by atoms with E-state index in [2.05, 4.69) is 67.8 Å². The predicted octanol–water partition coefficient (Wildman–Crippen LogP) is 23.0. The first-order valence-corrected chi connectivity index (χ1v) is 35.6. The molecular weight excluding hydrogens is 983 g/mol. The van der Waals surface area contributed by atoms with Crippen molar-refractivity contribution in [2.75, 3.05) is 13.2 Å². The molecular formula is C74H137NO5. The van der Waals surface area contributed by atoms with Crippen LogP contribution in [0.5, 0.6) is 0 Å². The average molecular weight is 1120 g/mol. The van der Waals surface area contributed by atoms with Crippen molar-refractivity contribution in [3.63, 3.8) is 0 Å². The molecule has 2 unspecified atom stereocenters. The van der Waals surface area contributed by atoms with E-state index in [0.29, 0.717) is 19.4 Å². The van der Waals surface area contributed by atoms with Gasteiger partial charge in [-0.1, -0.05) is 325 Å². The number of carbonyl (C=O) groups excluding carboxylic acids is 2. The molecule has 0 aliphatic heterocycles. The molecule has 0 bridgehead atoms. The molecule has 2 atom stereocenters. The maximum Gasteiger partial charge on any atom is 0.305 e. The lowest BCUT2D eigenvalue weighted by molar-refractivity contribution is -0.143. The van der Waals surface area contributed by atoms with Gasteiger partial charge in [-0.3, -0.25) is 9.59 Å². The highest BCUT2D eigenvalue weighted by Crippen LogP contribution is 2.18. The van der Waals surface area contributed by atoms with Crippen LogP contribution in [0.3, 0.4) is 0 Å². The molecule has 0 aromatic heterocycles. The van der Waals surface area contributed by atoms with Crippen LogP contribution < -0.4 is 5.32 Å². The second-order valence-corrected chi connectivity index (χ2v) is 24.2. The second-order valence-electron chi connectivity index (χ2n) is 24.2. The first-order valence-electron chi connectivity index (χ1n) is 35.6. The molecule has 3 N–H and O–H groups in total. The third-order valence-electron chi connectivity index (χ3n) is 16.3. The lowest BCUT2D eigenvalue weighted by Crippen LogP contribution is -2.45. The lowest BCUT2D eigenvalue weighted by Gasteiger charge is -2.20. The SMILES string of the molecule is CCCCC/C=C\C/C=C\CCCCCCCCCCCC(=O)OCCCCCCCCCCC/C=C\C/C=C\CCCCCCCCCCCCCCCCCC(=O)NC(CO)C(O)/C=C/CCCCCCCCCCCCC. The maximum atomic E-state index is 12.5. The van der Waals surface area contributed by atoms with Crippen LogP contribution in [0.15, 0.2) is 60.8 Å². The van der Waals surface area contributed by atoms with E-state index in [1.165, 1.54) is 289 Å². The molecule has 0 fully saturated rings. The van der Waals surface area contributed by atoms with Crippen molar-refractivity contribution in [1.29, 1.82) is 0 Å². The zero-order valence-electron chi connectivity index (χ0n) is 53.6. The summed E-state index contributed by atoms with van der Waals surface area (Å²) >= 11 is 0. The highest BCUT2D eigenvalue weighted by Gasteiger charge is 2.18. The monoisotopic (exact) mass is 1120 g/mol. The Kier molecular flexibility index (Phi) is 66.9. The van der Waals surface area contributed by atoms with Crippen molar-refractivity contribution < 1.29 is 24.5 Å². The average Bonchev–Trinajstić information content (AvgIpc) is 3.46. The molecule has 0 aromatic carbocycles. The van der Waals surface area contributed by atoms with Gasteiger partial charge in [0.15, 0.2) is 0 Å². The van der Waals surface area contributed by atoms with Crippen LogP contribution >= 0.6 is 0 Å². The Balaban J connectivity index is 3.39. The summed E-state index contributed by atoms with van der Waals surface area (Å²) in [6, 6.07) is -0.628. The molecule has 0 spiro atoms. The number of hydrogen-bond donors (Lipinski definition) is 3. The minimum absolute atomic E-state index is 0.00896. The number of rotatable bonds is 66. The molecule has 0 saturated heterocycles. The van der Waals surface area contributed by atoms with Crippen molar-refractivity contribution in [2.24, 2.45) is 0 Å². The van der Waals surface area contributed by atoms with Gasteiger partial charge in [-0.2, -0.15) is 0 Å². The van der Waals surface area contributed by atoms with E-state index in [9.17, 15) is 19.8 Å². The van der Waals surface area contributed by atoms with E-state index >= 15 is 0 Å². The molecule has 0 aliphatic rings. The third-order valence-corrected chi connectivity index (χ3v) is 16.3. The molecule has 80 heavy (non-hydrogen) atoms. The quantitative estimate of drug-likeness (QED) is 0.0320. The van der Waals surface area contributed by atoms with Crippen LogP contribution in [0.2, 0.25) is 0 Å². The molecule has 0 radical (unpaired) electrons. The van der Waals surface area contributed by atoms with Gasteiger partial charge in [0.25, 0.3) is 0 Å². The van der Waals surface area contributed by atoms with Crippen molar-refractivity contribution in [3.8, 4) is 0 Å². The number of nitrogens with one attached hydrogen (secondary N) is 1. The topological polar surface area (TPSA) is 95.9 Å². The number of amides is 1. The molecule has 0 rings (SSSR count). The third kappa shape index (κ3) is 64.7. The highest BCUT2D eigenvalue weighted by molar-refractivity contribution is 5.76. The number of aliphatic hydroxyl groups is 2. The Labute approximate surface area is 499 Å². The first kappa shape index (κ1) is 77.6. The Bertz CT molecular complexity index is 1380. The molecule has 0 heterocycles. The van der Waals surface area contributed by atoms with E-state index in [-0.39, 0.29) is 18.5 Å². The molecule has 1 amide bonds. The summed E-state index contributed by atoms with van der Waals surface area (Å²) in [5, 5.41) is 23.1. The number of unbranched alkanes of at least 4 members (excludes halogenated alkanes) is 47. The number of aliphatic hydroxyl groups excluding tert-OH is 2. The predicted molar refractivity (Wildman–Crippen MR) is 352 cm³/mol. The van der Waals surface area contributed by atoms with Gasteiger partial charge < -0.3 is 20.3 Å². The van der Waals surface area contributed by atoms with Crippen LogP contribution in [0, 0.1) is 0 Å². The molecule has 468 valence electrons. The number of ether oxygens (including phenoxy) is 1. The zero-order chi connectivity index (χ0) is 57.8. The minimum Gasteiger partial charge on any atom is -0.466 e. The summed E-state index contributed by atoms with van der Waals surface area (Å²) in [5.41, 5.74) is 0. The molecule has 0 aliphatic carbocycles. The van der Waals surface area contributed by atoms with Gasteiger partial charge in [0, 0.05) is 12.8 Å². The number of esters is 1. The van der Waals surface area contributed by atoms with E-state index in [1.54, 1.807) is 6.08 Å². The summed E-state index contributed by atoms with van der Waals surface area (Å²) in [4.78, 5) is 24.6. The van der Waals surface area contributed by atoms with Crippen molar-refractivity contribution in [1.82, 2.24) is 5.32 Å². The Morgan fingerprint density at radius 2 is 0.625 bits per heavy atom. The van der Waals surface area contributed by atoms with Gasteiger partial charge in [-0.15, -0.1) is 0 Å². The van der Waals surface area contributed by atoms with Crippen molar-refractivity contribution >= 4 is 11.9 Å². The summed E-state index contributed by atoms with van der Waals surface area (Å²) < 4.78 is 5.50. The van der Waals surface area contributed by atoms with Crippen molar-refractivity contribution in [2.45, 2.75) is 386 Å². The largest absolute Gasteiger partial charge is 0.466 e. The van der Waals surface area contributed by atoms with Gasteiger partial charge >= 0.3 is 5.97 Å². The first-order chi connectivity index (χ1) is 39.5. The van der Waals surface area contributed by atoms with E-state index in [0.717, 1.165) is 57.8 Å². The minimum atomic E-state index is -0.844. The standard InChI is InChI=1S/C74H137NO5/c1-3-5-7-9-11-13-15-17-18-19-33-37-40-44-48-52-56-60-64-68-74(79)80-69-65-61-57-53-49-45-41-38-35-32-30-28-26-24-22-20-21-23-25-27-29-31-34-36-39-43-47-51-55-59-63-67-73(78)75-71(70-76)72(77)66-62-58-54-50-46-42-16-14-12-10-8-6-4-2/h11,13,17-18,22,24,28,30,62,66,71-72,76-77H,3-10,12,14-16,19-21,23,25-27,29,31-61,63-65,67-70H2,1-2H3,(H,75,78)/b13-11-,18-17-,24-22-,30-28-,66-62+. The summed E-state index contributed by atoms with van der Waals surface area (Å²) in [7, 11) is 0. The molecule has 6 nitrogen and oxygen atoms in total. The van der Waals surface area contributed by atoms with E-state index in [4.69, 9.17) is 4.74 Å². The van der Waals surface area contributed by atoms with Gasteiger partial charge in [0.05, 0.1) is 25.4 Å². The maximum absolute atomic E-state index is 12.5. The highest BCUT2D eigenvalue weighted by atomic mass is 16.5. The summed E-state index contributed by atoms with van der Waals surface area (Å²) in [6.45, 7) is 4.89.